The predicted molar refractivity (Wildman–Crippen MR) is 73.6 cm³/mol. The number of amides is 1. The van der Waals surface area contributed by atoms with E-state index in [1.54, 1.807) is 0 Å². The van der Waals surface area contributed by atoms with E-state index in [1.807, 2.05) is 6.07 Å². The third-order valence-corrected chi connectivity index (χ3v) is 4.01. The van der Waals surface area contributed by atoms with Crippen LogP contribution in [0.2, 0.25) is 0 Å². The Hall–Kier alpha value is -1.57. The largest absolute Gasteiger partial charge is 0.326 e. The monoisotopic (exact) mass is 241 g/mol. The maximum Gasteiger partial charge on any atom is 0.227 e. The summed E-state index contributed by atoms with van der Waals surface area (Å²) in [5.74, 6) is 0.334. The molecular formula is C16H19NO. The number of carbonyl (C=O) groups is 1. The first-order valence-corrected chi connectivity index (χ1v) is 6.90. The van der Waals surface area contributed by atoms with Crippen molar-refractivity contribution in [3.05, 3.63) is 41.5 Å². The van der Waals surface area contributed by atoms with Crippen LogP contribution in [0.5, 0.6) is 0 Å². The number of carbonyl (C=O) groups excluding carboxylic acids is 1. The number of aryl methyl sites for hydroxylation is 2. The van der Waals surface area contributed by atoms with E-state index in [-0.39, 0.29) is 11.8 Å². The van der Waals surface area contributed by atoms with Gasteiger partial charge >= 0.3 is 0 Å². The van der Waals surface area contributed by atoms with Gasteiger partial charge in [-0.05, 0) is 61.8 Å². The molecule has 1 aromatic carbocycles. The summed E-state index contributed by atoms with van der Waals surface area (Å²) >= 11 is 0. The average Bonchev–Trinajstić information content (AvgIpc) is 2.87. The van der Waals surface area contributed by atoms with Crippen LogP contribution < -0.4 is 5.32 Å². The van der Waals surface area contributed by atoms with Gasteiger partial charge in [0.2, 0.25) is 5.91 Å². The van der Waals surface area contributed by atoms with Crippen LogP contribution in [-0.4, -0.2) is 5.91 Å². The molecule has 0 aliphatic heterocycles. The quantitative estimate of drug-likeness (QED) is 0.789. The second kappa shape index (κ2) is 4.97. The summed E-state index contributed by atoms with van der Waals surface area (Å²) in [6, 6.07) is 6.36. The highest BCUT2D eigenvalue weighted by Crippen LogP contribution is 2.26. The van der Waals surface area contributed by atoms with Crippen LogP contribution in [0.3, 0.4) is 0 Å². The molecule has 0 heterocycles. The maximum atomic E-state index is 12.1. The second-order valence-corrected chi connectivity index (χ2v) is 5.31. The highest BCUT2D eigenvalue weighted by Gasteiger charge is 2.19. The Morgan fingerprint density at radius 3 is 2.89 bits per heavy atom. The Balaban J connectivity index is 1.68. The summed E-state index contributed by atoms with van der Waals surface area (Å²) in [6.07, 6.45) is 10.8. The molecule has 1 unspecified atom stereocenters. The standard InChI is InChI=1S/C16H19NO/c18-16(13-5-2-1-3-6-13)17-15-10-9-12-7-4-8-14(12)11-15/h1-2,9-11,13H,3-8H2,(H,17,18). The lowest BCUT2D eigenvalue weighted by Gasteiger charge is -2.17. The van der Waals surface area contributed by atoms with Gasteiger partial charge in [0, 0.05) is 11.6 Å². The molecule has 0 saturated carbocycles. The van der Waals surface area contributed by atoms with E-state index in [4.69, 9.17) is 0 Å². The fraction of sp³-hybridized carbons (Fsp3) is 0.438. The Bertz CT molecular complexity index is 490. The van der Waals surface area contributed by atoms with E-state index in [0.717, 1.165) is 31.4 Å². The Morgan fingerprint density at radius 2 is 2.06 bits per heavy atom. The van der Waals surface area contributed by atoms with Gasteiger partial charge in [0.05, 0.1) is 0 Å². The van der Waals surface area contributed by atoms with Gasteiger partial charge in [0.15, 0.2) is 0 Å². The molecule has 0 bridgehead atoms. The summed E-state index contributed by atoms with van der Waals surface area (Å²) in [7, 11) is 0. The normalized spacial score (nSPS) is 21.7. The summed E-state index contributed by atoms with van der Waals surface area (Å²) < 4.78 is 0. The summed E-state index contributed by atoms with van der Waals surface area (Å²) in [5.41, 5.74) is 3.83. The first-order chi connectivity index (χ1) is 8.83. The zero-order valence-electron chi connectivity index (χ0n) is 10.6. The van der Waals surface area contributed by atoms with E-state index in [0.29, 0.717) is 0 Å². The van der Waals surface area contributed by atoms with Crippen molar-refractivity contribution in [2.45, 2.75) is 38.5 Å². The Kier molecular flexibility index (Phi) is 3.18. The van der Waals surface area contributed by atoms with Gasteiger partial charge in [-0.3, -0.25) is 4.79 Å². The van der Waals surface area contributed by atoms with Crippen molar-refractivity contribution in [3.8, 4) is 0 Å². The summed E-state index contributed by atoms with van der Waals surface area (Å²) in [6.45, 7) is 0. The molecule has 1 aromatic rings. The van der Waals surface area contributed by atoms with E-state index < -0.39 is 0 Å². The van der Waals surface area contributed by atoms with Gasteiger partial charge < -0.3 is 5.32 Å². The topological polar surface area (TPSA) is 29.1 Å². The van der Waals surface area contributed by atoms with Crippen LogP contribution in [0, 0.1) is 5.92 Å². The number of rotatable bonds is 2. The van der Waals surface area contributed by atoms with Crippen molar-refractivity contribution in [2.24, 2.45) is 5.92 Å². The molecule has 0 aromatic heterocycles. The third-order valence-electron chi connectivity index (χ3n) is 4.01. The SMILES string of the molecule is O=C(Nc1ccc2c(c1)CCC2)C1CC=CCC1. The molecule has 1 N–H and O–H groups in total. The van der Waals surface area contributed by atoms with Crippen LogP contribution in [0.25, 0.3) is 0 Å². The molecule has 94 valence electrons. The van der Waals surface area contributed by atoms with E-state index in [9.17, 15) is 4.79 Å². The molecule has 2 aliphatic carbocycles. The minimum atomic E-state index is 0.156. The van der Waals surface area contributed by atoms with Crippen LogP contribution in [-0.2, 0) is 17.6 Å². The van der Waals surface area contributed by atoms with Crippen LogP contribution in [0.15, 0.2) is 30.4 Å². The highest BCUT2D eigenvalue weighted by atomic mass is 16.1. The van der Waals surface area contributed by atoms with Crippen molar-refractivity contribution in [3.63, 3.8) is 0 Å². The summed E-state index contributed by atoms with van der Waals surface area (Å²) in [4.78, 5) is 12.1. The minimum Gasteiger partial charge on any atom is -0.326 e. The van der Waals surface area contributed by atoms with Crippen molar-refractivity contribution >= 4 is 11.6 Å². The smallest absolute Gasteiger partial charge is 0.227 e. The molecule has 0 spiro atoms. The number of hydrogen-bond acceptors (Lipinski definition) is 1. The van der Waals surface area contributed by atoms with Gasteiger partial charge in [-0.2, -0.15) is 0 Å². The number of benzene rings is 1. The van der Waals surface area contributed by atoms with E-state index in [2.05, 4.69) is 29.6 Å². The lowest BCUT2D eigenvalue weighted by atomic mass is 9.93. The highest BCUT2D eigenvalue weighted by molar-refractivity contribution is 5.92. The van der Waals surface area contributed by atoms with E-state index in [1.165, 1.54) is 24.0 Å². The maximum absolute atomic E-state index is 12.1. The summed E-state index contributed by atoms with van der Waals surface area (Å²) in [5, 5.41) is 3.07. The minimum absolute atomic E-state index is 0.156. The first-order valence-electron chi connectivity index (χ1n) is 6.90. The van der Waals surface area contributed by atoms with Crippen LogP contribution >= 0.6 is 0 Å². The number of fused-ring (bicyclic) bond motifs is 1. The molecule has 2 heteroatoms. The lowest BCUT2D eigenvalue weighted by Crippen LogP contribution is -2.23. The van der Waals surface area contributed by atoms with Gasteiger partial charge in [0.25, 0.3) is 0 Å². The molecule has 2 nitrogen and oxygen atoms in total. The van der Waals surface area contributed by atoms with Crippen LogP contribution in [0.4, 0.5) is 5.69 Å². The van der Waals surface area contributed by atoms with Crippen LogP contribution in [0.1, 0.15) is 36.8 Å². The second-order valence-electron chi connectivity index (χ2n) is 5.31. The number of anilines is 1. The van der Waals surface area contributed by atoms with Crippen molar-refractivity contribution in [1.29, 1.82) is 0 Å². The molecule has 0 saturated heterocycles. The predicted octanol–water partition coefficient (Wildman–Crippen LogP) is 3.47. The molecule has 1 amide bonds. The fourth-order valence-corrected chi connectivity index (χ4v) is 2.93. The first kappa shape index (κ1) is 11.5. The zero-order chi connectivity index (χ0) is 12.4. The van der Waals surface area contributed by atoms with Gasteiger partial charge in [-0.1, -0.05) is 18.2 Å². The third kappa shape index (κ3) is 2.33. The van der Waals surface area contributed by atoms with Crippen molar-refractivity contribution < 1.29 is 4.79 Å². The van der Waals surface area contributed by atoms with E-state index >= 15 is 0 Å². The number of hydrogen-bond donors (Lipinski definition) is 1. The molecular weight excluding hydrogens is 222 g/mol. The Labute approximate surface area is 108 Å². The van der Waals surface area contributed by atoms with Crippen molar-refractivity contribution in [1.82, 2.24) is 0 Å². The van der Waals surface area contributed by atoms with Gasteiger partial charge in [-0.25, -0.2) is 0 Å². The average molecular weight is 241 g/mol. The van der Waals surface area contributed by atoms with Gasteiger partial charge in [-0.15, -0.1) is 0 Å². The molecule has 3 rings (SSSR count). The zero-order valence-corrected chi connectivity index (χ0v) is 10.6. The molecule has 0 radical (unpaired) electrons. The molecule has 2 aliphatic rings. The molecule has 18 heavy (non-hydrogen) atoms. The molecule has 1 atom stereocenters. The number of allylic oxidation sites excluding steroid dienone is 2. The molecule has 0 fully saturated rings. The lowest BCUT2D eigenvalue weighted by molar-refractivity contribution is -0.120. The van der Waals surface area contributed by atoms with Crippen molar-refractivity contribution in [2.75, 3.05) is 5.32 Å². The fourth-order valence-electron chi connectivity index (χ4n) is 2.93. The Morgan fingerprint density at radius 1 is 1.17 bits per heavy atom. The van der Waals surface area contributed by atoms with Gasteiger partial charge in [0.1, 0.15) is 0 Å². The number of nitrogens with one attached hydrogen (secondary N) is 1.